The van der Waals surface area contributed by atoms with E-state index < -0.39 is 5.60 Å². The van der Waals surface area contributed by atoms with E-state index in [1.54, 1.807) is 0 Å². The molecule has 8 aromatic carbocycles. The molecular weight excluding hydrogens is 619 g/mol. The molecule has 51 heavy (non-hydrogen) atoms. The molecule has 1 aliphatic carbocycles. The zero-order valence-corrected chi connectivity index (χ0v) is 27.9. The maximum atomic E-state index is 7.32. The molecule has 1 atom stereocenters. The summed E-state index contributed by atoms with van der Waals surface area (Å²) >= 11 is 0. The van der Waals surface area contributed by atoms with E-state index in [2.05, 4.69) is 205 Å². The average molecular weight is 652 g/mol. The van der Waals surface area contributed by atoms with Gasteiger partial charge >= 0.3 is 0 Å². The van der Waals surface area contributed by atoms with Crippen molar-refractivity contribution in [3.8, 4) is 50.3 Å². The van der Waals surface area contributed by atoms with E-state index in [4.69, 9.17) is 4.74 Å². The number of benzene rings is 8. The third kappa shape index (κ3) is 4.65. The van der Waals surface area contributed by atoms with Gasteiger partial charge in [0.15, 0.2) is 5.60 Å². The molecule has 2 heteroatoms. The molecule has 1 unspecified atom stereocenters. The molecule has 1 aliphatic heterocycles. The number of anilines is 3. The van der Waals surface area contributed by atoms with Gasteiger partial charge in [-0.1, -0.05) is 158 Å². The van der Waals surface area contributed by atoms with Gasteiger partial charge in [-0.25, -0.2) is 0 Å². The first-order valence-corrected chi connectivity index (χ1v) is 17.5. The van der Waals surface area contributed by atoms with Gasteiger partial charge in [0.2, 0.25) is 0 Å². The first kappa shape index (κ1) is 29.3. The fourth-order valence-corrected chi connectivity index (χ4v) is 8.11. The summed E-state index contributed by atoms with van der Waals surface area (Å²) in [4.78, 5) is 2.36. The Morgan fingerprint density at radius 3 is 1.29 bits per heavy atom. The van der Waals surface area contributed by atoms with Gasteiger partial charge in [-0.2, -0.15) is 0 Å². The summed E-state index contributed by atoms with van der Waals surface area (Å²) in [5.41, 5.74) is 15.4. The van der Waals surface area contributed by atoms with Gasteiger partial charge in [0.1, 0.15) is 5.75 Å². The lowest BCUT2D eigenvalue weighted by Gasteiger charge is -2.39. The van der Waals surface area contributed by atoms with Gasteiger partial charge in [-0.3, -0.25) is 0 Å². The summed E-state index contributed by atoms with van der Waals surface area (Å²) in [5.74, 6) is 0.897. The van der Waals surface area contributed by atoms with Crippen molar-refractivity contribution in [3.63, 3.8) is 0 Å². The normalized spacial score (nSPS) is 14.9. The Kier molecular flexibility index (Phi) is 6.75. The van der Waals surface area contributed by atoms with Crippen LogP contribution in [0.1, 0.15) is 16.7 Å². The zero-order chi connectivity index (χ0) is 33.8. The highest BCUT2D eigenvalue weighted by Gasteiger charge is 2.50. The molecule has 0 saturated carbocycles. The van der Waals surface area contributed by atoms with E-state index in [0.717, 1.165) is 39.5 Å². The number of hydrogen-bond donors (Lipinski definition) is 0. The number of para-hydroxylation sites is 1. The van der Waals surface area contributed by atoms with Crippen LogP contribution in [0, 0.1) is 0 Å². The topological polar surface area (TPSA) is 12.5 Å². The van der Waals surface area contributed by atoms with Crippen molar-refractivity contribution >= 4 is 17.1 Å². The Balaban J connectivity index is 1.17. The Labute approximate surface area is 298 Å². The SMILES string of the molecule is c1ccc(-c2ccc(N(c3ccc(-c4ccccc4)cc3)c3ccc4c(c3)C3(Oc5ccccc5-c5ccccc53)c3ccccc3-4)cc2)cc1. The molecule has 8 aromatic rings. The van der Waals surface area contributed by atoms with Crippen LogP contribution in [0.15, 0.2) is 200 Å². The second-order valence-corrected chi connectivity index (χ2v) is 13.3. The van der Waals surface area contributed by atoms with Crippen LogP contribution in [0.25, 0.3) is 44.5 Å². The number of hydrogen-bond acceptors (Lipinski definition) is 2. The lowest BCUT2D eigenvalue weighted by atomic mass is 9.78. The molecule has 0 aromatic heterocycles. The summed E-state index contributed by atoms with van der Waals surface area (Å²) in [7, 11) is 0. The van der Waals surface area contributed by atoms with Gasteiger partial charge in [0, 0.05) is 39.3 Å². The first-order chi connectivity index (χ1) is 25.3. The third-order valence-electron chi connectivity index (χ3n) is 10.4. The van der Waals surface area contributed by atoms with E-state index in [1.807, 2.05) is 0 Å². The highest BCUT2D eigenvalue weighted by atomic mass is 16.5. The molecular formula is C49H33NO. The van der Waals surface area contributed by atoms with Crippen molar-refractivity contribution in [2.75, 3.05) is 4.90 Å². The smallest absolute Gasteiger partial charge is 0.186 e. The van der Waals surface area contributed by atoms with Crippen LogP contribution in [-0.2, 0) is 5.60 Å². The predicted molar refractivity (Wildman–Crippen MR) is 210 cm³/mol. The van der Waals surface area contributed by atoms with Crippen LogP contribution in [0.4, 0.5) is 17.1 Å². The highest BCUT2D eigenvalue weighted by molar-refractivity contribution is 5.90. The molecule has 2 aliphatic rings. The molecule has 0 amide bonds. The van der Waals surface area contributed by atoms with Crippen LogP contribution in [0.2, 0.25) is 0 Å². The summed E-state index contributed by atoms with van der Waals surface area (Å²) in [6.45, 7) is 0. The van der Waals surface area contributed by atoms with Gasteiger partial charge < -0.3 is 9.64 Å². The van der Waals surface area contributed by atoms with Gasteiger partial charge in [-0.15, -0.1) is 0 Å². The molecule has 0 saturated heterocycles. The maximum Gasteiger partial charge on any atom is 0.186 e. The fourth-order valence-electron chi connectivity index (χ4n) is 8.11. The summed E-state index contributed by atoms with van der Waals surface area (Å²) in [6.07, 6.45) is 0. The number of ether oxygens (including phenoxy) is 1. The lowest BCUT2D eigenvalue weighted by Crippen LogP contribution is -2.37. The molecule has 1 heterocycles. The minimum atomic E-state index is -0.799. The molecule has 1 spiro atoms. The minimum absolute atomic E-state index is 0.799. The van der Waals surface area contributed by atoms with Gasteiger partial charge in [0.25, 0.3) is 0 Å². The molecule has 10 rings (SSSR count). The molecule has 0 N–H and O–H groups in total. The zero-order valence-electron chi connectivity index (χ0n) is 27.9. The van der Waals surface area contributed by atoms with Crippen LogP contribution < -0.4 is 9.64 Å². The highest BCUT2D eigenvalue weighted by Crippen LogP contribution is 2.59. The molecule has 0 radical (unpaired) electrons. The van der Waals surface area contributed by atoms with Crippen molar-refractivity contribution in [2.24, 2.45) is 0 Å². The fraction of sp³-hybridized carbons (Fsp3) is 0.0204. The van der Waals surface area contributed by atoms with E-state index in [1.165, 1.54) is 44.5 Å². The Hall–Kier alpha value is -6.64. The summed E-state index contributed by atoms with van der Waals surface area (Å²) in [6, 6.07) is 71.7. The second-order valence-electron chi connectivity index (χ2n) is 13.3. The van der Waals surface area contributed by atoms with Crippen molar-refractivity contribution in [2.45, 2.75) is 5.60 Å². The number of rotatable bonds is 5. The van der Waals surface area contributed by atoms with Crippen molar-refractivity contribution in [1.82, 2.24) is 0 Å². The quantitative estimate of drug-likeness (QED) is 0.184. The van der Waals surface area contributed by atoms with E-state index in [0.29, 0.717) is 0 Å². The molecule has 240 valence electrons. The Bertz CT molecular complexity index is 2460. The summed E-state index contributed by atoms with van der Waals surface area (Å²) in [5, 5.41) is 0. The van der Waals surface area contributed by atoms with Crippen LogP contribution in [0.5, 0.6) is 5.75 Å². The first-order valence-electron chi connectivity index (χ1n) is 17.5. The second kappa shape index (κ2) is 11.8. The molecule has 0 bridgehead atoms. The third-order valence-corrected chi connectivity index (χ3v) is 10.4. The lowest BCUT2D eigenvalue weighted by molar-refractivity contribution is 0.157. The predicted octanol–water partition coefficient (Wildman–Crippen LogP) is 12.8. The van der Waals surface area contributed by atoms with Crippen molar-refractivity contribution in [1.29, 1.82) is 0 Å². The number of fused-ring (bicyclic) bond motifs is 9. The Morgan fingerprint density at radius 1 is 0.314 bits per heavy atom. The molecule has 2 nitrogen and oxygen atoms in total. The standard InChI is InChI=1S/C49H33NO/c1-3-13-34(14-4-1)36-23-27-38(28-24-36)50(39-29-25-37(26-30-39)35-15-5-2-6-16-35)40-31-32-43-41-17-7-10-20-45(41)49(47(43)33-40)46-21-11-8-18-42(46)44-19-9-12-22-48(44)51-49/h1-33H. The van der Waals surface area contributed by atoms with E-state index in [-0.39, 0.29) is 0 Å². The van der Waals surface area contributed by atoms with Crippen LogP contribution in [-0.4, -0.2) is 0 Å². The van der Waals surface area contributed by atoms with Crippen molar-refractivity contribution < 1.29 is 4.74 Å². The van der Waals surface area contributed by atoms with Crippen molar-refractivity contribution in [3.05, 3.63) is 217 Å². The largest absolute Gasteiger partial charge is 0.472 e. The monoisotopic (exact) mass is 651 g/mol. The Morgan fingerprint density at radius 2 is 0.725 bits per heavy atom. The van der Waals surface area contributed by atoms with E-state index >= 15 is 0 Å². The van der Waals surface area contributed by atoms with Gasteiger partial charge in [0.05, 0.1) is 0 Å². The minimum Gasteiger partial charge on any atom is -0.472 e. The summed E-state index contributed by atoms with van der Waals surface area (Å²) < 4.78 is 7.32. The van der Waals surface area contributed by atoms with Crippen LogP contribution >= 0.6 is 0 Å². The van der Waals surface area contributed by atoms with Gasteiger partial charge in [-0.05, 0) is 81.4 Å². The number of nitrogens with zero attached hydrogens (tertiary/aromatic N) is 1. The average Bonchev–Trinajstić information content (AvgIpc) is 3.48. The van der Waals surface area contributed by atoms with Crippen LogP contribution in [0.3, 0.4) is 0 Å². The maximum absolute atomic E-state index is 7.32. The molecule has 0 fully saturated rings. The van der Waals surface area contributed by atoms with E-state index in [9.17, 15) is 0 Å².